The van der Waals surface area contributed by atoms with Gasteiger partial charge in [-0.1, -0.05) is 95.4 Å². The van der Waals surface area contributed by atoms with Crippen LogP contribution >= 0.6 is 0 Å². The molecule has 0 bridgehead atoms. The fourth-order valence-electron chi connectivity index (χ4n) is 5.42. The van der Waals surface area contributed by atoms with E-state index in [1.807, 2.05) is 43.3 Å². The summed E-state index contributed by atoms with van der Waals surface area (Å²) in [6, 6.07) is 11.0. The summed E-state index contributed by atoms with van der Waals surface area (Å²) in [7, 11) is 0.176. The highest BCUT2D eigenvalue weighted by atomic mass is 32.2. The summed E-state index contributed by atoms with van der Waals surface area (Å²) in [6.07, 6.45) is 17.4. The predicted octanol–water partition coefficient (Wildman–Crippen LogP) is 6.55. The average molecular weight is 574 g/mol. The molecule has 2 aromatic rings. The third-order valence-corrected chi connectivity index (χ3v) is 9.31. The number of hydrogen-bond acceptors (Lipinski definition) is 5. The van der Waals surface area contributed by atoms with Crippen LogP contribution in [-0.4, -0.2) is 53.7 Å². The second-order valence-electron chi connectivity index (χ2n) is 11.3. The minimum Gasteiger partial charge on any atom is -0.377 e. The van der Waals surface area contributed by atoms with Crippen LogP contribution in [0.25, 0.3) is 10.8 Å². The minimum atomic E-state index is -3.70. The van der Waals surface area contributed by atoms with Crippen molar-refractivity contribution in [2.75, 3.05) is 32.1 Å². The maximum absolute atomic E-state index is 13.0. The summed E-state index contributed by atoms with van der Waals surface area (Å²) in [5.41, 5.74) is 0.964. The molecule has 1 fully saturated rings. The number of nitrogens with zero attached hydrogens (tertiary/aromatic N) is 1. The van der Waals surface area contributed by atoms with Gasteiger partial charge in [0.05, 0.1) is 17.1 Å². The molecule has 0 radical (unpaired) electrons. The first-order valence-corrected chi connectivity index (χ1v) is 16.9. The van der Waals surface area contributed by atoms with E-state index in [0.29, 0.717) is 24.0 Å². The van der Waals surface area contributed by atoms with Gasteiger partial charge in [-0.15, -0.1) is 0 Å². The Morgan fingerprint density at radius 2 is 1.40 bits per heavy atom. The fourth-order valence-corrected chi connectivity index (χ4v) is 6.67. The number of carbonyl (C=O) groups is 1. The molecule has 8 heteroatoms. The molecule has 1 heterocycles. The normalized spacial score (nSPS) is 16.8. The Bertz CT molecular complexity index is 1150. The second-order valence-corrected chi connectivity index (χ2v) is 13.1. The Morgan fingerprint density at radius 3 is 2.08 bits per heavy atom. The molecular formula is C32H51N3O4S. The van der Waals surface area contributed by atoms with Crippen molar-refractivity contribution in [1.29, 1.82) is 0 Å². The average Bonchev–Trinajstić information content (AvgIpc) is 3.69. The number of anilines is 1. The van der Waals surface area contributed by atoms with Gasteiger partial charge in [0.2, 0.25) is 15.9 Å². The van der Waals surface area contributed by atoms with Crippen molar-refractivity contribution in [3.8, 4) is 0 Å². The van der Waals surface area contributed by atoms with Crippen molar-refractivity contribution >= 4 is 32.4 Å². The highest BCUT2D eigenvalue weighted by Crippen LogP contribution is 2.32. The summed E-state index contributed by atoms with van der Waals surface area (Å²) < 4.78 is 34.4. The number of sulfonamides is 1. The number of carbonyl (C=O) groups excluding carboxylic acids is 1. The fraction of sp³-hybridized carbons (Fsp3) is 0.656. The van der Waals surface area contributed by atoms with E-state index in [1.54, 1.807) is 12.1 Å². The van der Waals surface area contributed by atoms with Gasteiger partial charge in [-0.2, -0.15) is 0 Å². The number of benzene rings is 2. The summed E-state index contributed by atoms with van der Waals surface area (Å²) in [6.45, 7) is 2.68. The molecule has 0 saturated carbocycles. The molecular weight excluding hydrogens is 522 g/mol. The molecule has 1 amide bonds. The molecule has 2 N–H and O–H groups in total. The largest absolute Gasteiger partial charge is 0.377 e. The SMILES string of the molecule is CCCCCCCCC1OC1CCCCCCCC(=O)NCCNS(=O)(=O)c1cccc2c(N(C)C)cccc12. The lowest BCUT2D eigenvalue weighted by Crippen LogP contribution is -2.34. The number of unbranched alkanes of at least 4 members (excludes halogenated alkanes) is 9. The first-order valence-electron chi connectivity index (χ1n) is 15.4. The zero-order valence-corrected chi connectivity index (χ0v) is 25.7. The summed E-state index contributed by atoms with van der Waals surface area (Å²) in [5, 5.41) is 4.41. The molecule has 1 saturated heterocycles. The van der Waals surface area contributed by atoms with Gasteiger partial charge in [-0.3, -0.25) is 4.79 Å². The molecule has 1 aliphatic rings. The highest BCUT2D eigenvalue weighted by molar-refractivity contribution is 7.89. The monoisotopic (exact) mass is 573 g/mol. The van der Waals surface area contributed by atoms with Gasteiger partial charge < -0.3 is 15.0 Å². The lowest BCUT2D eigenvalue weighted by Gasteiger charge is -2.17. The van der Waals surface area contributed by atoms with Crippen molar-refractivity contribution in [3.05, 3.63) is 36.4 Å². The standard InChI is InChI=1S/C32H51N3O4S/c1-4-5-6-7-9-12-20-29-30(39-29)21-13-10-8-11-14-23-32(36)33-24-25-34-40(37,38)31-22-16-17-26-27(31)18-15-19-28(26)35(2)3/h15-19,22,29-30,34H,4-14,20-21,23-25H2,1-3H3,(H,33,36). The number of fused-ring (bicyclic) bond motifs is 1. The molecule has 0 aliphatic carbocycles. The van der Waals surface area contributed by atoms with Gasteiger partial charge in [0.15, 0.2) is 0 Å². The topological polar surface area (TPSA) is 91.0 Å². The number of rotatable bonds is 21. The quantitative estimate of drug-likeness (QED) is 0.131. The van der Waals surface area contributed by atoms with E-state index in [4.69, 9.17) is 4.74 Å². The van der Waals surface area contributed by atoms with Crippen LogP contribution in [0.15, 0.2) is 41.3 Å². The Kier molecular flexibility index (Phi) is 13.7. The molecule has 40 heavy (non-hydrogen) atoms. The molecule has 2 aromatic carbocycles. The summed E-state index contributed by atoms with van der Waals surface area (Å²) in [4.78, 5) is 14.4. The number of hydrogen-bond donors (Lipinski definition) is 2. The van der Waals surface area contributed by atoms with Crippen LogP contribution < -0.4 is 14.9 Å². The van der Waals surface area contributed by atoms with Crippen LogP contribution in [0.3, 0.4) is 0 Å². The van der Waals surface area contributed by atoms with Gasteiger partial charge in [0, 0.05) is 50.1 Å². The highest BCUT2D eigenvalue weighted by Gasteiger charge is 2.36. The number of amides is 1. The van der Waals surface area contributed by atoms with E-state index in [1.165, 1.54) is 64.2 Å². The third-order valence-electron chi connectivity index (χ3n) is 7.79. The zero-order valence-electron chi connectivity index (χ0n) is 24.9. The lowest BCUT2D eigenvalue weighted by molar-refractivity contribution is -0.121. The third kappa shape index (κ3) is 10.7. The van der Waals surface area contributed by atoms with Crippen molar-refractivity contribution in [3.63, 3.8) is 0 Å². The van der Waals surface area contributed by atoms with Gasteiger partial charge >= 0.3 is 0 Å². The lowest BCUT2D eigenvalue weighted by atomic mass is 10.0. The van der Waals surface area contributed by atoms with Gasteiger partial charge in [0.25, 0.3) is 0 Å². The zero-order chi connectivity index (χ0) is 28.8. The van der Waals surface area contributed by atoms with Crippen LogP contribution in [0, 0.1) is 0 Å². The Hall–Kier alpha value is -2.16. The van der Waals surface area contributed by atoms with Crippen molar-refractivity contribution in [2.45, 2.75) is 114 Å². The maximum atomic E-state index is 13.0. The van der Waals surface area contributed by atoms with E-state index in [2.05, 4.69) is 17.0 Å². The van der Waals surface area contributed by atoms with E-state index in [-0.39, 0.29) is 23.9 Å². The number of nitrogens with one attached hydrogen (secondary N) is 2. The second kappa shape index (κ2) is 16.9. The Balaban J connectivity index is 1.21. The van der Waals surface area contributed by atoms with E-state index in [9.17, 15) is 13.2 Å². The molecule has 0 aromatic heterocycles. The Morgan fingerprint density at radius 1 is 0.800 bits per heavy atom. The van der Waals surface area contributed by atoms with E-state index in [0.717, 1.165) is 30.3 Å². The predicted molar refractivity (Wildman–Crippen MR) is 165 cm³/mol. The number of epoxide rings is 1. The molecule has 224 valence electrons. The molecule has 3 rings (SSSR count). The summed E-state index contributed by atoms with van der Waals surface area (Å²) >= 11 is 0. The maximum Gasteiger partial charge on any atom is 0.241 e. The van der Waals surface area contributed by atoms with Crippen molar-refractivity contribution in [1.82, 2.24) is 10.0 Å². The van der Waals surface area contributed by atoms with Gasteiger partial charge in [-0.25, -0.2) is 13.1 Å². The first-order chi connectivity index (χ1) is 19.3. The smallest absolute Gasteiger partial charge is 0.241 e. The van der Waals surface area contributed by atoms with Crippen LogP contribution in [0.5, 0.6) is 0 Å². The van der Waals surface area contributed by atoms with Crippen molar-refractivity contribution in [2.24, 2.45) is 0 Å². The van der Waals surface area contributed by atoms with Gasteiger partial charge in [0.1, 0.15) is 0 Å². The first kappa shape index (κ1) is 32.4. The van der Waals surface area contributed by atoms with E-state index >= 15 is 0 Å². The van der Waals surface area contributed by atoms with Crippen molar-refractivity contribution < 1.29 is 17.9 Å². The summed E-state index contributed by atoms with van der Waals surface area (Å²) in [5.74, 6) is -0.0242. The van der Waals surface area contributed by atoms with Crippen LogP contribution in [0.2, 0.25) is 0 Å². The van der Waals surface area contributed by atoms with E-state index < -0.39 is 10.0 Å². The molecule has 2 unspecified atom stereocenters. The molecule has 7 nitrogen and oxygen atoms in total. The number of ether oxygens (including phenoxy) is 1. The van der Waals surface area contributed by atoms with Crippen LogP contribution in [0.1, 0.15) is 96.8 Å². The minimum absolute atomic E-state index is 0.0242. The van der Waals surface area contributed by atoms with Crippen LogP contribution in [0.4, 0.5) is 5.69 Å². The van der Waals surface area contributed by atoms with Gasteiger partial charge in [-0.05, 0) is 31.4 Å². The molecule has 0 spiro atoms. The van der Waals surface area contributed by atoms with Crippen LogP contribution in [-0.2, 0) is 19.6 Å². The Labute approximate surface area is 242 Å². The molecule has 1 aliphatic heterocycles. The molecule has 2 atom stereocenters.